The van der Waals surface area contributed by atoms with Crippen molar-refractivity contribution in [1.82, 2.24) is 0 Å². The Morgan fingerprint density at radius 2 is 0.698 bits per heavy atom. The maximum absolute atomic E-state index is 8.12. The first-order valence-electron chi connectivity index (χ1n) is 22.6. The highest BCUT2D eigenvalue weighted by molar-refractivity contribution is 7.20. The predicted molar refractivity (Wildman–Crippen MR) is 278 cm³/mol. The second-order valence-electron chi connectivity index (χ2n) is 21.9. The molecule has 8 rings (SSSR count). The van der Waals surface area contributed by atoms with Gasteiger partial charge >= 0.3 is 0 Å². The van der Waals surface area contributed by atoms with E-state index in [0.717, 1.165) is 39.7 Å². The Bertz CT molecular complexity index is 2610. The third-order valence-electron chi connectivity index (χ3n) is 13.0. The van der Waals surface area contributed by atoms with Gasteiger partial charge in [0.15, 0.2) is 8.07 Å². The molecule has 0 aromatic heterocycles. The number of halogens is 1. The second-order valence-corrected chi connectivity index (χ2v) is 26.1. The lowest BCUT2D eigenvalue weighted by molar-refractivity contribution is 0.590. The van der Waals surface area contributed by atoms with Crippen LogP contribution in [0, 0.1) is 6.92 Å². The van der Waals surface area contributed by atoms with Gasteiger partial charge in [0.25, 0.3) is 0 Å². The van der Waals surface area contributed by atoms with Crippen LogP contribution in [0.25, 0.3) is 0 Å². The van der Waals surface area contributed by atoms with Gasteiger partial charge in [-0.15, -0.1) is 0 Å². The van der Waals surface area contributed by atoms with E-state index in [1.807, 2.05) is 0 Å². The van der Waals surface area contributed by atoms with E-state index in [2.05, 4.69) is 258 Å². The minimum Gasteiger partial charge on any atom is -0.309 e. The highest BCUT2D eigenvalue weighted by Gasteiger charge is 2.44. The van der Waals surface area contributed by atoms with Crippen molar-refractivity contribution >= 4 is 74.5 Å². The van der Waals surface area contributed by atoms with Crippen molar-refractivity contribution in [3.05, 3.63) is 191 Å². The lowest BCUT2D eigenvalue weighted by Gasteiger charge is -2.40. The van der Waals surface area contributed by atoms with Crippen molar-refractivity contribution in [3.63, 3.8) is 0 Å². The molecule has 1 aliphatic heterocycles. The second kappa shape index (κ2) is 16.0. The molecule has 0 unspecified atom stereocenters. The minimum atomic E-state index is -3.15. The standard InChI is InChI=1S/C59H65ClN2Si/c1-40-30-53-55(60)54(31-40)62(46-25-21-23-42(33-46)57(5,6)7)48-35-44(59(11,12)13)37-52(39-48)63(49-26-16-14-17-27-49,50-28-18-15-19-29-50)51-36-43(58(8,9)10)34-47(38-51)61(53)45-24-20-22-41(32-45)56(2,3)4/h14-39H,1-13H3. The first-order chi connectivity index (χ1) is 29.6. The Morgan fingerprint density at radius 1 is 0.349 bits per heavy atom. The molecule has 7 aromatic carbocycles. The lowest BCUT2D eigenvalue weighted by Crippen LogP contribution is -2.75. The summed E-state index contributed by atoms with van der Waals surface area (Å²) in [6.45, 7) is 30.0. The minimum absolute atomic E-state index is 0.0620. The van der Waals surface area contributed by atoms with E-state index in [4.69, 9.17) is 11.6 Å². The number of hydrogen-bond acceptors (Lipinski definition) is 2. The van der Waals surface area contributed by atoms with Crippen LogP contribution in [0.3, 0.4) is 0 Å². The van der Waals surface area contributed by atoms with E-state index >= 15 is 0 Å². The van der Waals surface area contributed by atoms with E-state index in [-0.39, 0.29) is 21.7 Å². The van der Waals surface area contributed by atoms with E-state index in [1.165, 1.54) is 43.0 Å². The largest absolute Gasteiger partial charge is 0.309 e. The molecule has 2 nitrogen and oxygen atoms in total. The lowest BCUT2D eigenvalue weighted by atomic mass is 9.86. The number of benzene rings is 7. The average Bonchev–Trinajstić information content (AvgIpc) is 3.22. The zero-order valence-corrected chi connectivity index (χ0v) is 41.5. The molecule has 1 heterocycles. The van der Waals surface area contributed by atoms with Crippen LogP contribution in [0.1, 0.15) is 111 Å². The van der Waals surface area contributed by atoms with Gasteiger partial charge in [-0.1, -0.05) is 192 Å². The van der Waals surface area contributed by atoms with Crippen molar-refractivity contribution in [2.45, 2.75) is 112 Å². The van der Waals surface area contributed by atoms with Crippen molar-refractivity contribution in [1.29, 1.82) is 0 Å². The van der Waals surface area contributed by atoms with E-state index in [1.54, 1.807) is 0 Å². The zero-order valence-electron chi connectivity index (χ0n) is 39.8. The number of rotatable bonds is 4. The van der Waals surface area contributed by atoms with Crippen molar-refractivity contribution in [2.24, 2.45) is 0 Å². The van der Waals surface area contributed by atoms with Crippen LogP contribution in [0.2, 0.25) is 5.02 Å². The van der Waals surface area contributed by atoms with Gasteiger partial charge < -0.3 is 9.80 Å². The Kier molecular flexibility index (Phi) is 11.3. The Morgan fingerprint density at radius 3 is 1.05 bits per heavy atom. The summed E-state index contributed by atoms with van der Waals surface area (Å²) >= 11 is 8.12. The molecular weight excluding hydrogens is 800 g/mol. The number of anilines is 6. The fourth-order valence-corrected chi connectivity index (χ4v) is 14.4. The summed E-state index contributed by atoms with van der Waals surface area (Å²) in [4.78, 5) is 4.89. The van der Waals surface area contributed by atoms with Crippen molar-refractivity contribution in [2.75, 3.05) is 9.80 Å². The molecular formula is C59H65ClN2Si. The average molecular weight is 866 g/mol. The van der Waals surface area contributed by atoms with Gasteiger partial charge in [0.2, 0.25) is 0 Å². The van der Waals surface area contributed by atoms with Crippen LogP contribution in [0.5, 0.6) is 0 Å². The first-order valence-corrected chi connectivity index (χ1v) is 25.0. The molecule has 0 fully saturated rings. The maximum Gasteiger partial charge on any atom is 0.179 e. The molecule has 0 saturated heterocycles. The van der Waals surface area contributed by atoms with Crippen LogP contribution in [0.4, 0.5) is 34.1 Å². The highest BCUT2D eigenvalue weighted by atomic mass is 35.5. The Balaban J connectivity index is 1.66. The molecule has 0 spiro atoms. The smallest absolute Gasteiger partial charge is 0.179 e. The van der Waals surface area contributed by atoms with Gasteiger partial charge in [0, 0.05) is 22.7 Å². The molecule has 7 aromatic rings. The molecule has 0 atom stereocenters. The van der Waals surface area contributed by atoms with Crippen LogP contribution < -0.4 is 30.5 Å². The molecule has 6 bridgehead atoms. The summed E-state index contributed by atoms with van der Waals surface area (Å²) in [5.41, 5.74) is 12.0. The number of nitrogens with zero attached hydrogens (tertiary/aromatic N) is 2. The summed E-state index contributed by atoms with van der Waals surface area (Å²) in [6.07, 6.45) is 0. The summed E-state index contributed by atoms with van der Waals surface area (Å²) in [6, 6.07) is 60.5. The zero-order chi connectivity index (χ0) is 45.3. The van der Waals surface area contributed by atoms with Crippen molar-refractivity contribution < 1.29 is 0 Å². The Labute approximate surface area is 384 Å². The van der Waals surface area contributed by atoms with E-state index < -0.39 is 8.07 Å². The number of fused-ring (bicyclic) bond motifs is 6. The molecule has 4 heteroatoms. The van der Waals surface area contributed by atoms with Crippen LogP contribution in [0.15, 0.2) is 158 Å². The molecule has 322 valence electrons. The molecule has 0 aliphatic carbocycles. The van der Waals surface area contributed by atoms with Crippen LogP contribution in [-0.4, -0.2) is 8.07 Å². The van der Waals surface area contributed by atoms with Gasteiger partial charge in [-0.25, -0.2) is 0 Å². The third kappa shape index (κ3) is 8.31. The molecule has 0 amide bonds. The van der Waals surface area contributed by atoms with Gasteiger partial charge in [-0.05, 0) is 138 Å². The molecule has 0 N–H and O–H groups in total. The highest BCUT2D eigenvalue weighted by Crippen LogP contribution is 2.49. The maximum atomic E-state index is 8.12. The molecule has 0 saturated carbocycles. The summed E-state index contributed by atoms with van der Waals surface area (Å²) in [5, 5.41) is 6.06. The fraction of sp³-hybridized carbons (Fsp3) is 0.288. The normalized spacial score (nSPS) is 14.3. The number of hydrogen-bond donors (Lipinski definition) is 0. The van der Waals surface area contributed by atoms with Gasteiger partial charge in [0.05, 0.1) is 16.4 Å². The number of aryl methyl sites for hydroxylation is 1. The first kappa shape index (κ1) is 44.3. The third-order valence-corrected chi connectivity index (χ3v) is 18.1. The molecule has 1 aliphatic rings. The van der Waals surface area contributed by atoms with Crippen molar-refractivity contribution in [3.8, 4) is 0 Å². The van der Waals surface area contributed by atoms with Gasteiger partial charge in [-0.2, -0.15) is 0 Å². The summed E-state index contributed by atoms with van der Waals surface area (Å²) < 4.78 is 0. The SMILES string of the molecule is Cc1cc2c(Cl)c(c1)N(c1cccc(C(C)(C)C)c1)c1cc(C(C)(C)C)cc(c1)[Si](c1ccccc1)(c1ccccc1)c1cc(cc(C(C)(C)C)c1)N2c1cccc(C(C)(C)C)c1. The van der Waals surface area contributed by atoms with E-state index in [0.29, 0.717) is 5.02 Å². The molecule has 63 heavy (non-hydrogen) atoms. The van der Waals surface area contributed by atoms with Crippen LogP contribution in [-0.2, 0) is 21.7 Å². The fourth-order valence-electron chi connectivity index (χ4n) is 9.29. The predicted octanol–water partition coefficient (Wildman–Crippen LogP) is 14.5. The van der Waals surface area contributed by atoms with Gasteiger partial charge in [-0.3, -0.25) is 0 Å². The summed E-state index contributed by atoms with van der Waals surface area (Å²) in [5.74, 6) is 0. The Hall–Kier alpha value is -5.35. The summed E-state index contributed by atoms with van der Waals surface area (Å²) in [7, 11) is -3.15. The van der Waals surface area contributed by atoms with Gasteiger partial charge in [0.1, 0.15) is 0 Å². The quantitative estimate of drug-likeness (QED) is 0.163. The van der Waals surface area contributed by atoms with Crippen LogP contribution >= 0.6 is 11.6 Å². The monoisotopic (exact) mass is 864 g/mol. The van der Waals surface area contributed by atoms with E-state index in [9.17, 15) is 0 Å². The topological polar surface area (TPSA) is 6.48 Å². The molecule has 0 radical (unpaired) electrons.